The minimum absolute atomic E-state index is 0.404. The molecule has 0 spiro atoms. The second-order valence-electron chi connectivity index (χ2n) is 6.76. The molecule has 0 amide bonds. The van der Waals surface area contributed by atoms with Gasteiger partial charge < -0.3 is 5.32 Å². The SMILES string of the molecule is C(#CC1CCCC1)C[C@@H](Cc1ccccc1)NCc1ccccc1. The lowest BCUT2D eigenvalue weighted by Gasteiger charge is -2.17. The first kappa shape index (κ1) is 16.8. The van der Waals surface area contributed by atoms with Crippen LogP contribution in [0.15, 0.2) is 60.7 Å². The van der Waals surface area contributed by atoms with Gasteiger partial charge in [-0.3, -0.25) is 0 Å². The van der Waals surface area contributed by atoms with Crippen molar-refractivity contribution in [2.24, 2.45) is 5.92 Å². The predicted octanol–water partition coefficient (Wildman–Crippen LogP) is 4.97. The van der Waals surface area contributed by atoms with Crippen LogP contribution in [-0.4, -0.2) is 6.04 Å². The second-order valence-corrected chi connectivity index (χ2v) is 6.76. The first-order chi connectivity index (χ1) is 11.9. The highest BCUT2D eigenvalue weighted by atomic mass is 14.9. The first-order valence-electron chi connectivity index (χ1n) is 9.20. The zero-order chi connectivity index (χ0) is 16.5. The number of rotatable bonds is 6. The Labute approximate surface area is 146 Å². The highest BCUT2D eigenvalue weighted by molar-refractivity contribution is 5.18. The Morgan fingerprint density at radius 1 is 0.875 bits per heavy atom. The van der Waals surface area contributed by atoms with Gasteiger partial charge in [0, 0.05) is 24.9 Å². The minimum atomic E-state index is 0.404. The molecule has 0 unspecified atom stereocenters. The number of nitrogens with one attached hydrogen (secondary N) is 1. The van der Waals surface area contributed by atoms with Crippen LogP contribution in [0.5, 0.6) is 0 Å². The van der Waals surface area contributed by atoms with Gasteiger partial charge in [0.05, 0.1) is 0 Å². The molecule has 1 aliphatic carbocycles. The van der Waals surface area contributed by atoms with E-state index in [1.165, 1.54) is 36.8 Å². The molecular weight excluding hydrogens is 290 g/mol. The number of benzene rings is 2. The molecule has 0 saturated heterocycles. The van der Waals surface area contributed by atoms with Gasteiger partial charge in [0.25, 0.3) is 0 Å². The summed E-state index contributed by atoms with van der Waals surface area (Å²) in [6.45, 7) is 0.906. The van der Waals surface area contributed by atoms with E-state index in [2.05, 4.69) is 77.8 Å². The Balaban J connectivity index is 1.58. The van der Waals surface area contributed by atoms with Crippen molar-refractivity contribution in [2.45, 2.75) is 51.1 Å². The smallest absolute Gasteiger partial charge is 0.0246 e. The summed E-state index contributed by atoms with van der Waals surface area (Å²) in [5.41, 5.74) is 2.71. The summed E-state index contributed by atoms with van der Waals surface area (Å²) in [4.78, 5) is 0. The molecule has 0 aromatic heterocycles. The van der Waals surface area contributed by atoms with Crippen LogP contribution in [0.1, 0.15) is 43.2 Å². The van der Waals surface area contributed by atoms with Gasteiger partial charge in [-0.15, -0.1) is 5.92 Å². The summed E-state index contributed by atoms with van der Waals surface area (Å²) in [6.07, 6.45) is 7.28. The zero-order valence-corrected chi connectivity index (χ0v) is 14.4. The molecule has 1 heteroatoms. The Kier molecular flexibility index (Phi) is 6.51. The van der Waals surface area contributed by atoms with E-state index in [-0.39, 0.29) is 0 Å². The normalized spacial score (nSPS) is 15.7. The summed E-state index contributed by atoms with van der Waals surface area (Å²) in [7, 11) is 0. The molecule has 0 heterocycles. The predicted molar refractivity (Wildman–Crippen MR) is 102 cm³/mol. The average molecular weight is 317 g/mol. The Morgan fingerprint density at radius 3 is 2.17 bits per heavy atom. The maximum Gasteiger partial charge on any atom is 0.0246 e. The lowest BCUT2D eigenvalue weighted by atomic mass is 10.0. The third kappa shape index (κ3) is 5.55. The molecule has 1 nitrogen and oxygen atoms in total. The number of hydrogen-bond acceptors (Lipinski definition) is 1. The fraction of sp³-hybridized carbons (Fsp3) is 0.391. The standard InChI is InChI=1S/C23H27N/c1-3-12-21(13-4-1)18-23(17-9-16-20-10-7-8-11-20)24-19-22-14-5-2-6-15-22/h1-6,12-15,20,23-24H,7-8,10-11,17-19H2/t23-/m0/s1. The van der Waals surface area contributed by atoms with E-state index >= 15 is 0 Å². The van der Waals surface area contributed by atoms with Crippen LogP contribution in [0.4, 0.5) is 0 Å². The van der Waals surface area contributed by atoms with E-state index in [9.17, 15) is 0 Å². The highest BCUT2D eigenvalue weighted by Gasteiger charge is 2.12. The van der Waals surface area contributed by atoms with Crippen molar-refractivity contribution in [1.29, 1.82) is 0 Å². The Hall–Kier alpha value is -2.04. The molecule has 0 aliphatic heterocycles. The molecule has 0 radical (unpaired) electrons. The van der Waals surface area contributed by atoms with Gasteiger partial charge in [-0.2, -0.15) is 0 Å². The quantitative estimate of drug-likeness (QED) is 0.742. The maximum absolute atomic E-state index is 3.71. The van der Waals surface area contributed by atoms with Crippen LogP contribution in [0.3, 0.4) is 0 Å². The van der Waals surface area contributed by atoms with Crippen LogP contribution < -0.4 is 5.32 Å². The van der Waals surface area contributed by atoms with Crippen molar-refractivity contribution in [1.82, 2.24) is 5.32 Å². The van der Waals surface area contributed by atoms with Gasteiger partial charge in [-0.05, 0) is 30.4 Å². The minimum Gasteiger partial charge on any atom is -0.309 e. The van der Waals surface area contributed by atoms with Crippen LogP contribution >= 0.6 is 0 Å². The van der Waals surface area contributed by atoms with Crippen molar-refractivity contribution in [3.05, 3.63) is 71.8 Å². The molecule has 2 aromatic carbocycles. The summed E-state index contributed by atoms with van der Waals surface area (Å²) in [6, 6.07) is 21.8. The Morgan fingerprint density at radius 2 is 1.50 bits per heavy atom. The van der Waals surface area contributed by atoms with E-state index in [0.717, 1.165) is 19.4 Å². The van der Waals surface area contributed by atoms with Crippen molar-refractivity contribution < 1.29 is 0 Å². The summed E-state index contributed by atoms with van der Waals surface area (Å²) >= 11 is 0. The summed E-state index contributed by atoms with van der Waals surface area (Å²) < 4.78 is 0. The van der Waals surface area contributed by atoms with Crippen LogP contribution in [0.2, 0.25) is 0 Å². The third-order valence-electron chi connectivity index (χ3n) is 4.77. The fourth-order valence-electron chi connectivity index (χ4n) is 3.37. The van der Waals surface area contributed by atoms with Gasteiger partial charge in [0.1, 0.15) is 0 Å². The monoisotopic (exact) mass is 317 g/mol. The topological polar surface area (TPSA) is 12.0 Å². The van der Waals surface area contributed by atoms with Gasteiger partial charge in [0.15, 0.2) is 0 Å². The molecule has 1 saturated carbocycles. The zero-order valence-electron chi connectivity index (χ0n) is 14.4. The molecule has 1 atom stereocenters. The fourth-order valence-corrected chi connectivity index (χ4v) is 3.37. The van der Waals surface area contributed by atoms with E-state index in [1.807, 2.05) is 0 Å². The largest absolute Gasteiger partial charge is 0.309 e. The van der Waals surface area contributed by atoms with E-state index in [1.54, 1.807) is 0 Å². The molecule has 124 valence electrons. The molecule has 24 heavy (non-hydrogen) atoms. The van der Waals surface area contributed by atoms with Crippen LogP contribution in [0.25, 0.3) is 0 Å². The van der Waals surface area contributed by atoms with Crippen molar-refractivity contribution in [3.8, 4) is 11.8 Å². The van der Waals surface area contributed by atoms with Crippen LogP contribution in [-0.2, 0) is 13.0 Å². The molecule has 0 bridgehead atoms. The van der Waals surface area contributed by atoms with E-state index in [0.29, 0.717) is 12.0 Å². The summed E-state index contributed by atoms with van der Waals surface area (Å²) in [5.74, 6) is 7.63. The van der Waals surface area contributed by atoms with E-state index in [4.69, 9.17) is 0 Å². The first-order valence-corrected chi connectivity index (χ1v) is 9.20. The highest BCUT2D eigenvalue weighted by Crippen LogP contribution is 2.23. The lowest BCUT2D eigenvalue weighted by molar-refractivity contribution is 0.517. The van der Waals surface area contributed by atoms with Crippen LogP contribution in [0, 0.1) is 17.8 Å². The third-order valence-corrected chi connectivity index (χ3v) is 4.77. The average Bonchev–Trinajstić information content (AvgIpc) is 3.15. The maximum atomic E-state index is 3.71. The number of hydrogen-bond donors (Lipinski definition) is 1. The van der Waals surface area contributed by atoms with Crippen molar-refractivity contribution in [2.75, 3.05) is 0 Å². The van der Waals surface area contributed by atoms with Crippen molar-refractivity contribution >= 4 is 0 Å². The molecule has 1 N–H and O–H groups in total. The van der Waals surface area contributed by atoms with E-state index < -0.39 is 0 Å². The molecular formula is C23H27N. The van der Waals surface area contributed by atoms with Crippen molar-refractivity contribution in [3.63, 3.8) is 0 Å². The molecule has 3 rings (SSSR count). The lowest BCUT2D eigenvalue weighted by Crippen LogP contribution is -2.30. The Bertz CT molecular complexity index is 645. The molecule has 1 fully saturated rings. The summed E-state index contributed by atoms with van der Waals surface area (Å²) in [5, 5.41) is 3.71. The molecule has 2 aromatic rings. The van der Waals surface area contributed by atoms with Gasteiger partial charge >= 0.3 is 0 Å². The van der Waals surface area contributed by atoms with Gasteiger partial charge in [-0.25, -0.2) is 0 Å². The van der Waals surface area contributed by atoms with Gasteiger partial charge in [0.2, 0.25) is 0 Å². The second kappa shape index (κ2) is 9.30. The molecule has 1 aliphatic rings. The van der Waals surface area contributed by atoms with Gasteiger partial charge in [-0.1, -0.05) is 79.4 Å².